The number of fused-ring (bicyclic) bond motifs is 1. The molecule has 3 heterocycles. The second kappa shape index (κ2) is 8.10. The van der Waals surface area contributed by atoms with Crippen LogP contribution in [0, 0.1) is 0 Å². The van der Waals surface area contributed by atoms with Crippen molar-refractivity contribution in [3.63, 3.8) is 0 Å². The molecular formula is C19H27N3O5. The van der Waals surface area contributed by atoms with Crippen molar-refractivity contribution < 1.29 is 24.1 Å². The standard InChI is InChI=1S/C19H27N3O5/c1-25-19-11(3-2-6-21-19)9-20-10-15-17(24)18-14(27-15)7-13(26-18)8-16(23)22-12-4-5-12/h2-3,6,12-15,17-18,20,24H,4-5,7-10H2,1H3,(H,22,23). The number of carbonyl (C=O) groups is 1. The molecule has 3 N–H and O–H groups in total. The molecule has 5 unspecified atom stereocenters. The molecule has 27 heavy (non-hydrogen) atoms. The maximum absolute atomic E-state index is 11.9. The second-order valence-corrected chi connectivity index (χ2v) is 7.51. The van der Waals surface area contributed by atoms with Gasteiger partial charge in [0.2, 0.25) is 11.8 Å². The lowest BCUT2D eigenvalue weighted by atomic mass is 10.1. The minimum Gasteiger partial charge on any atom is -0.481 e. The number of pyridine rings is 1. The fourth-order valence-corrected chi connectivity index (χ4v) is 3.82. The zero-order valence-electron chi connectivity index (χ0n) is 15.5. The van der Waals surface area contributed by atoms with Crippen LogP contribution in [0.1, 0.15) is 31.2 Å². The minimum atomic E-state index is -0.699. The zero-order valence-corrected chi connectivity index (χ0v) is 15.5. The number of aliphatic hydroxyl groups excluding tert-OH is 1. The molecule has 2 aliphatic heterocycles. The third-order valence-electron chi connectivity index (χ3n) is 5.34. The number of aliphatic hydroxyl groups is 1. The van der Waals surface area contributed by atoms with Gasteiger partial charge in [-0.1, -0.05) is 6.07 Å². The van der Waals surface area contributed by atoms with Gasteiger partial charge in [-0.3, -0.25) is 4.79 Å². The molecule has 8 heteroatoms. The molecule has 3 aliphatic rings. The van der Waals surface area contributed by atoms with E-state index in [1.807, 2.05) is 12.1 Å². The van der Waals surface area contributed by atoms with Crippen molar-refractivity contribution in [2.45, 2.75) is 68.8 Å². The number of nitrogens with one attached hydrogen (secondary N) is 2. The highest BCUT2D eigenvalue weighted by atomic mass is 16.6. The van der Waals surface area contributed by atoms with Crippen LogP contribution in [-0.2, 0) is 20.8 Å². The van der Waals surface area contributed by atoms with E-state index in [0.717, 1.165) is 18.4 Å². The molecule has 1 saturated carbocycles. The number of ether oxygens (including phenoxy) is 3. The molecule has 8 nitrogen and oxygen atoms in total. The summed E-state index contributed by atoms with van der Waals surface area (Å²) >= 11 is 0. The van der Waals surface area contributed by atoms with Crippen molar-refractivity contribution in [3.05, 3.63) is 23.9 Å². The molecule has 1 aromatic heterocycles. The van der Waals surface area contributed by atoms with Crippen molar-refractivity contribution in [3.8, 4) is 5.88 Å². The summed E-state index contributed by atoms with van der Waals surface area (Å²) in [4.78, 5) is 16.1. The fraction of sp³-hybridized carbons (Fsp3) is 0.684. The Labute approximate surface area is 158 Å². The van der Waals surface area contributed by atoms with Gasteiger partial charge in [-0.25, -0.2) is 4.98 Å². The van der Waals surface area contributed by atoms with Crippen LogP contribution in [0.5, 0.6) is 5.88 Å². The summed E-state index contributed by atoms with van der Waals surface area (Å²) in [6.07, 6.45) is 3.10. The zero-order chi connectivity index (χ0) is 18.8. The van der Waals surface area contributed by atoms with Crippen molar-refractivity contribution in [1.82, 2.24) is 15.6 Å². The van der Waals surface area contributed by atoms with Gasteiger partial charge in [0.05, 0.1) is 31.8 Å². The normalized spacial score (nSPS) is 32.3. The van der Waals surface area contributed by atoms with E-state index in [1.54, 1.807) is 13.3 Å². The van der Waals surface area contributed by atoms with Crippen LogP contribution in [0.3, 0.4) is 0 Å². The Bertz CT molecular complexity index is 669. The fourth-order valence-electron chi connectivity index (χ4n) is 3.82. The van der Waals surface area contributed by atoms with Crippen molar-refractivity contribution in [2.75, 3.05) is 13.7 Å². The predicted molar refractivity (Wildman–Crippen MR) is 96.2 cm³/mol. The Morgan fingerprint density at radius 3 is 3.00 bits per heavy atom. The van der Waals surface area contributed by atoms with Crippen LogP contribution in [0.15, 0.2) is 18.3 Å². The van der Waals surface area contributed by atoms with E-state index in [9.17, 15) is 9.90 Å². The summed E-state index contributed by atoms with van der Waals surface area (Å²) in [5.74, 6) is 0.617. The summed E-state index contributed by atoms with van der Waals surface area (Å²) in [6.45, 7) is 1.08. The molecular weight excluding hydrogens is 350 g/mol. The van der Waals surface area contributed by atoms with Gasteiger partial charge < -0.3 is 30.0 Å². The van der Waals surface area contributed by atoms with Crippen LogP contribution in [0.4, 0.5) is 0 Å². The molecule has 4 rings (SSSR count). The summed E-state index contributed by atoms with van der Waals surface area (Å²) in [6, 6.07) is 4.16. The SMILES string of the molecule is COc1ncccc1CNCC1OC2CC(CC(=O)NC3CC3)OC2C1O. The Hall–Kier alpha value is -1.74. The summed E-state index contributed by atoms with van der Waals surface area (Å²) in [5.41, 5.74) is 0.950. The smallest absolute Gasteiger partial charge is 0.222 e. The van der Waals surface area contributed by atoms with Crippen molar-refractivity contribution in [2.24, 2.45) is 0 Å². The number of hydrogen-bond acceptors (Lipinski definition) is 7. The van der Waals surface area contributed by atoms with E-state index < -0.39 is 6.10 Å². The van der Waals surface area contributed by atoms with Crippen molar-refractivity contribution in [1.29, 1.82) is 0 Å². The monoisotopic (exact) mass is 377 g/mol. The molecule has 148 valence electrons. The lowest BCUT2D eigenvalue weighted by Gasteiger charge is -2.20. The lowest BCUT2D eigenvalue weighted by molar-refractivity contribution is -0.124. The Balaban J connectivity index is 1.22. The number of rotatable bonds is 8. The molecule has 2 saturated heterocycles. The minimum absolute atomic E-state index is 0.0283. The van der Waals surface area contributed by atoms with E-state index in [2.05, 4.69) is 15.6 Å². The van der Waals surface area contributed by atoms with E-state index in [1.165, 1.54) is 0 Å². The second-order valence-electron chi connectivity index (χ2n) is 7.51. The quantitative estimate of drug-likeness (QED) is 0.592. The van der Waals surface area contributed by atoms with Gasteiger partial charge in [-0.15, -0.1) is 0 Å². The molecule has 0 aromatic carbocycles. The first-order valence-electron chi connectivity index (χ1n) is 9.61. The van der Waals surface area contributed by atoms with E-state index in [-0.39, 0.29) is 30.3 Å². The summed E-state index contributed by atoms with van der Waals surface area (Å²) in [5, 5.41) is 16.8. The molecule has 5 atom stereocenters. The molecule has 0 radical (unpaired) electrons. The Kier molecular flexibility index (Phi) is 5.58. The van der Waals surface area contributed by atoms with Gasteiger partial charge in [-0.2, -0.15) is 0 Å². The number of hydrogen-bond donors (Lipinski definition) is 3. The van der Waals surface area contributed by atoms with Gasteiger partial charge in [0, 0.05) is 37.3 Å². The number of carbonyl (C=O) groups excluding carboxylic acids is 1. The van der Waals surface area contributed by atoms with Gasteiger partial charge in [0.15, 0.2) is 0 Å². The van der Waals surface area contributed by atoms with E-state index in [0.29, 0.717) is 37.9 Å². The van der Waals surface area contributed by atoms with Crippen LogP contribution < -0.4 is 15.4 Å². The molecule has 1 aliphatic carbocycles. The third-order valence-corrected chi connectivity index (χ3v) is 5.34. The molecule has 3 fully saturated rings. The topological polar surface area (TPSA) is 102 Å². The largest absolute Gasteiger partial charge is 0.481 e. The summed E-state index contributed by atoms with van der Waals surface area (Å²) < 4.78 is 17.1. The van der Waals surface area contributed by atoms with Crippen LogP contribution in [0.2, 0.25) is 0 Å². The average Bonchev–Trinajstić information content (AvgIpc) is 3.31. The lowest BCUT2D eigenvalue weighted by Crippen LogP contribution is -2.39. The average molecular weight is 377 g/mol. The van der Waals surface area contributed by atoms with E-state index >= 15 is 0 Å². The van der Waals surface area contributed by atoms with Crippen LogP contribution in [-0.4, -0.2) is 66.2 Å². The maximum Gasteiger partial charge on any atom is 0.222 e. The molecule has 0 spiro atoms. The highest BCUT2D eigenvalue weighted by Gasteiger charge is 2.50. The van der Waals surface area contributed by atoms with Gasteiger partial charge in [0.1, 0.15) is 12.2 Å². The number of methoxy groups -OCH3 is 1. The number of amides is 1. The molecule has 0 bridgehead atoms. The Morgan fingerprint density at radius 2 is 2.26 bits per heavy atom. The highest BCUT2D eigenvalue weighted by Crippen LogP contribution is 2.35. The number of aromatic nitrogens is 1. The Morgan fingerprint density at radius 1 is 1.41 bits per heavy atom. The maximum atomic E-state index is 11.9. The van der Waals surface area contributed by atoms with Crippen LogP contribution in [0.25, 0.3) is 0 Å². The first-order valence-corrected chi connectivity index (χ1v) is 9.61. The third kappa shape index (κ3) is 4.40. The first-order chi connectivity index (χ1) is 13.1. The highest BCUT2D eigenvalue weighted by molar-refractivity contribution is 5.77. The van der Waals surface area contributed by atoms with Crippen LogP contribution >= 0.6 is 0 Å². The van der Waals surface area contributed by atoms with Gasteiger partial charge in [-0.05, 0) is 18.9 Å². The molecule has 1 amide bonds. The van der Waals surface area contributed by atoms with Gasteiger partial charge >= 0.3 is 0 Å². The number of nitrogens with zero attached hydrogens (tertiary/aromatic N) is 1. The van der Waals surface area contributed by atoms with Gasteiger partial charge in [0.25, 0.3) is 0 Å². The predicted octanol–water partition coefficient (Wildman–Crippen LogP) is 0.134. The van der Waals surface area contributed by atoms with E-state index in [4.69, 9.17) is 14.2 Å². The molecule has 1 aromatic rings. The first kappa shape index (κ1) is 18.6. The summed E-state index contributed by atoms with van der Waals surface area (Å²) in [7, 11) is 1.59. The van der Waals surface area contributed by atoms with Crippen molar-refractivity contribution >= 4 is 5.91 Å².